The molecule has 2 heterocycles. The Morgan fingerprint density at radius 3 is 2.76 bits per heavy atom. The number of aryl methyl sites for hydroxylation is 2. The lowest BCUT2D eigenvalue weighted by Crippen LogP contribution is -2.34. The van der Waals surface area contributed by atoms with Gasteiger partial charge >= 0.3 is 6.09 Å². The van der Waals surface area contributed by atoms with Gasteiger partial charge in [-0.3, -0.25) is 0 Å². The van der Waals surface area contributed by atoms with Crippen LogP contribution in [0.4, 0.5) is 4.79 Å². The van der Waals surface area contributed by atoms with Gasteiger partial charge in [0.15, 0.2) is 0 Å². The van der Waals surface area contributed by atoms with Crippen LogP contribution < -0.4 is 4.74 Å². The molecule has 33 heavy (non-hydrogen) atoms. The Labute approximate surface area is 194 Å². The molecule has 0 aliphatic heterocycles. The van der Waals surface area contributed by atoms with Gasteiger partial charge in [0.05, 0.1) is 17.5 Å². The summed E-state index contributed by atoms with van der Waals surface area (Å²) in [5, 5.41) is 17.6. The van der Waals surface area contributed by atoms with Crippen molar-refractivity contribution in [2.75, 3.05) is 13.6 Å². The van der Waals surface area contributed by atoms with E-state index < -0.39 is 0 Å². The first-order chi connectivity index (χ1) is 15.9. The van der Waals surface area contributed by atoms with Crippen molar-refractivity contribution in [1.29, 1.82) is 5.26 Å². The van der Waals surface area contributed by atoms with E-state index >= 15 is 0 Å². The zero-order valence-corrected chi connectivity index (χ0v) is 19.7. The molecular formula is C24H32N6O3. The number of ether oxygens (including phenoxy) is 2. The zero-order valence-electron chi connectivity index (χ0n) is 19.7. The minimum absolute atomic E-state index is 0.0400. The van der Waals surface area contributed by atoms with Gasteiger partial charge in [0.2, 0.25) is 0 Å². The predicted molar refractivity (Wildman–Crippen MR) is 121 cm³/mol. The standard InChI is InChI=1S/C24H32N6O3/c1-16-22(33-19-9-5-8-18(12-19)13-25)11-10-20(26-16)23-21(30(3)28-27-23)15-32-24(31)29(2)14-17-6-4-7-17/h10-11,17-19H,4-9,12,14-15H2,1-3H3/t18-,19-/m0/s1. The average Bonchev–Trinajstić information content (AvgIpc) is 3.16. The molecule has 9 nitrogen and oxygen atoms in total. The fourth-order valence-electron chi connectivity index (χ4n) is 4.47. The van der Waals surface area contributed by atoms with Crippen molar-refractivity contribution in [3.8, 4) is 23.2 Å². The van der Waals surface area contributed by atoms with Crippen LogP contribution in [0.15, 0.2) is 12.1 Å². The minimum atomic E-state index is -0.343. The smallest absolute Gasteiger partial charge is 0.409 e. The van der Waals surface area contributed by atoms with Crippen molar-refractivity contribution in [2.24, 2.45) is 18.9 Å². The topological polar surface area (TPSA) is 106 Å². The van der Waals surface area contributed by atoms with Crippen molar-refractivity contribution in [2.45, 2.75) is 64.6 Å². The molecule has 0 bridgehead atoms. The molecule has 176 valence electrons. The Hall–Kier alpha value is -3.15. The van der Waals surface area contributed by atoms with Crippen LogP contribution in [0.5, 0.6) is 5.75 Å². The van der Waals surface area contributed by atoms with E-state index in [4.69, 9.17) is 9.47 Å². The largest absolute Gasteiger partial charge is 0.488 e. The molecule has 1 amide bonds. The van der Waals surface area contributed by atoms with E-state index in [0.717, 1.165) is 43.7 Å². The molecule has 0 saturated heterocycles. The van der Waals surface area contributed by atoms with E-state index in [1.165, 1.54) is 19.3 Å². The van der Waals surface area contributed by atoms with Crippen LogP contribution in [0.3, 0.4) is 0 Å². The molecule has 2 aliphatic carbocycles. The van der Waals surface area contributed by atoms with Crippen LogP contribution in [-0.4, -0.2) is 50.7 Å². The van der Waals surface area contributed by atoms with Gasteiger partial charge < -0.3 is 14.4 Å². The van der Waals surface area contributed by atoms with Gasteiger partial charge in [-0.1, -0.05) is 11.6 Å². The number of pyridine rings is 1. The summed E-state index contributed by atoms with van der Waals surface area (Å²) in [7, 11) is 3.55. The molecule has 2 saturated carbocycles. The van der Waals surface area contributed by atoms with Gasteiger partial charge in [-0.05, 0) is 57.1 Å². The molecule has 0 N–H and O–H groups in total. The third-order valence-electron chi connectivity index (χ3n) is 6.73. The van der Waals surface area contributed by atoms with Crippen LogP contribution in [0.1, 0.15) is 56.3 Å². The van der Waals surface area contributed by atoms with E-state index in [1.807, 2.05) is 19.1 Å². The minimum Gasteiger partial charge on any atom is -0.488 e. The Morgan fingerprint density at radius 1 is 1.27 bits per heavy atom. The van der Waals surface area contributed by atoms with E-state index in [-0.39, 0.29) is 24.7 Å². The number of amides is 1. The third-order valence-corrected chi connectivity index (χ3v) is 6.73. The number of carbonyl (C=O) groups excluding carboxylic acids is 1. The summed E-state index contributed by atoms with van der Waals surface area (Å²) in [5.41, 5.74) is 2.68. The summed E-state index contributed by atoms with van der Waals surface area (Å²) in [5.74, 6) is 1.37. The molecule has 0 spiro atoms. The average molecular weight is 453 g/mol. The predicted octanol–water partition coefficient (Wildman–Crippen LogP) is 4.02. The van der Waals surface area contributed by atoms with Gasteiger partial charge in [-0.2, -0.15) is 5.26 Å². The van der Waals surface area contributed by atoms with Crippen LogP contribution in [0.25, 0.3) is 11.4 Å². The van der Waals surface area contributed by atoms with E-state index in [1.54, 1.807) is 23.7 Å². The van der Waals surface area contributed by atoms with Crippen LogP contribution in [-0.2, 0) is 18.4 Å². The second kappa shape index (κ2) is 10.2. The summed E-state index contributed by atoms with van der Waals surface area (Å²) in [6.45, 7) is 2.70. The van der Waals surface area contributed by atoms with Crippen molar-refractivity contribution in [3.63, 3.8) is 0 Å². The zero-order chi connectivity index (χ0) is 23.4. The lowest BCUT2D eigenvalue weighted by Gasteiger charge is -2.29. The fraction of sp³-hybridized carbons (Fsp3) is 0.625. The van der Waals surface area contributed by atoms with E-state index in [2.05, 4.69) is 21.4 Å². The lowest BCUT2D eigenvalue weighted by molar-refractivity contribution is 0.0913. The Bertz CT molecular complexity index is 1030. The van der Waals surface area contributed by atoms with Crippen LogP contribution in [0.2, 0.25) is 0 Å². The number of aromatic nitrogens is 4. The second-order valence-corrected chi connectivity index (χ2v) is 9.25. The molecule has 9 heteroatoms. The molecule has 0 aromatic carbocycles. The summed E-state index contributed by atoms with van der Waals surface area (Å²) in [6, 6.07) is 6.11. The van der Waals surface area contributed by atoms with Crippen molar-refractivity contribution >= 4 is 6.09 Å². The maximum atomic E-state index is 12.4. The summed E-state index contributed by atoms with van der Waals surface area (Å²) < 4.78 is 13.3. The van der Waals surface area contributed by atoms with Crippen molar-refractivity contribution < 1.29 is 14.3 Å². The Morgan fingerprint density at radius 2 is 2.06 bits per heavy atom. The molecule has 0 unspecified atom stereocenters. The maximum absolute atomic E-state index is 12.4. The van der Waals surface area contributed by atoms with Gasteiger partial charge in [0, 0.05) is 33.0 Å². The summed E-state index contributed by atoms with van der Waals surface area (Å²) >= 11 is 0. The Kier molecular flexibility index (Phi) is 7.11. The second-order valence-electron chi connectivity index (χ2n) is 9.25. The van der Waals surface area contributed by atoms with E-state index in [0.29, 0.717) is 23.0 Å². The highest BCUT2D eigenvalue weighted by atomic mass is 16.6. The molecule has 2 fully saturated rings. The number of nitrogens with zero attached hydrogens (tertiary/aromatic N) is 6. The molecule has 0 radical (unpaired) electrons. The Balaban J connectivity index is 1.41. The van der Waals surface area contributed by atoms with Gasteiger partial charge in [-0.25, -0.2) is 14.5 Å². The highest BCUT2D eigenvalue weighted by molar-refractivity contribution is 5.67. The van der Waals surface area contributed by atoms with Crippen molar-refractivity contribution in [1.82, 2.24) is 24.9 Å². The molecule has 2 atom stereocenters. The number of hydrogen-bond acceptors (Lipinski definition) is 7. The molecule has 2 aromatic rings. The molecule has 2 aromatic heterocycles. The first kappa shape index (κ1) is 23.0. The van der Waals surface area contributed by atoms with Crippen molar-refractivity contribution in [3.05, 3.63) is 23.5 Å². The quantitative estimate of drug-likeness (QED) is 0.625. The van der Waals surface area contributed by atoms with Crippen LogP contribution >= 0.6 is 0 Å². The number of hydrogen-bond donors (Lipinski definition) is 0. The SMILES string of the molecule is Cc1nc(-c2nnn(C)c2COC(=O)N(C)CC2CCC2)ccc1O[C@H]1CCC[C@H](C#N)C1. The number of rotatable bonds is 7. The van der Waals surface area contributed by atoms with Gasteiger partial charge in [0.25, 0.3) is 0 Å². The first-order valence-electron chi connectivity index (χ1n) is 11.7. The third kappa shape index (κ3) is 5.44. The number of nitriles is 1. The number of carbonyl (C=O) groups is 1. The fourth-order valence-corrected chi connectivity index (χ4v) is 4.47. The molecule has 2 aliphatic rings. The first-order valence-corrected chi connectivity index (χ1v) is 11.7. The maximum Gasteiger partial charge on any atom is 0.409 e. The normalized spacial score (nSPS) is 20.5. The monoisotopic (exact) mass is 452 g/mol. The highest BCUT2D eigenvalue weighted by Gasteiger charge is 2.25. The van der Waals surface area contributed by atoms with Crippen LogP contribution in [0, 0.1) is 30.1 Å². The summed E-state index contributed by atoms with van der Waals surface area (Å²) in [4.78, 5) is 18.7. The summed E-state index contributed by atoms with van der Waals surface area (Å²) in [6.07, 6.45) is 6.96. The van der Waals surface area contributed by atoms with Gasteiger partial charge in [-0.15, -0.1) is 5.10 Å². The highest BCUT2D eigenvalue weighted by Crippen LogP contribution is 2.30. The molecular weight excluding hydrogens is 420 g/mol. The van der Waals surface area contributed by atoms with Gasteiger partial charge in [0.1, 0.15) is 29.8 Å². The molecule has 4 rings (SSSR count). The lowest BCUT2D eigenvalue weighted by atomic mass is 9.85. The van der Waals surface area contributed by atoms with E-state index in [9.17, 15) is 10.1 Å².